The van der Waals surface area contributed by atoms with Gasteiger partial charge in [0, 0.05) is 12.1 Å². The van der Waals surface area contributed by atoms with Crippen LogP contribution in [0.25, 0.3) is 6.08 Å². The van der Waals surface area contributed by atoms with Gasteiger partial charge in [0.05, 0.1) is 4.47 Å². The molecule has 0 radical (unpaired) electrons. The van der Waals surface area contributed by atoms with Gasteiger partial charge in [-0.25, -0.2) is 4.39 Å². The van der Waals surface area contributed by atoms with Gasteiger partial charge in [0.15, 0.2) is 0 Å². The summed E-state index contributed by atoms with van der Waals surface area (Å²) in [5.41, 5.74) is 1.03. The van der Waals surface area contributed by atoms with Gasteiger partial charge in [0.25, 0.3) is 0 Å². The molecule has 1 heterocycles. The largest absolute Gasteiger partial charge is 0.308 e. The standard InChI is InChI=1S/C14H17BrFN/c1-10-3-2-4-12(17-10)7-5-11-6-8-14(16)13(15)9-11/h5-10,12,17H,2-4H2,1H3/b7-5+. The molecule has 2 rings (SSSR count). The van der Waals surface area contributed by atoms with Crippen LogP contribution in [0.4, 0.5) is 4.39 Å². The number of piperidine rings is 1. The third-order valence-electron chi connectivity index (χ3n) is 3.12. The summed E-state index contributed by atoms with van der Waals surface area (Å²) in [4.78, 5) is 0. The molecule has 0 aliphatic carbocycles. The van der Waals surface area contributed by atoms with E-state index < -0.39 is 0 Å². The molecule has 0 amide bonds. The van der Waals surface area contributed by atoms with Crippen molar-refractivity contribution in [2.24, 2.45) is 0 Å². The highest BCUT2D eigenvalue weighted by molar-refractivity contribution is 9.10. The van der Waals surface area contributed by atoms with E-state index in [0.29, 0.717) is 16.6 Å². The Labute approximate surface area is 110 Å². The quantitative estimate of drug-likeness (QED) is 0.865. The fourth-order valence-corrected chi connectivity index (χ4v) is 2.57. The molecule has 1 aliphatic rings. The molecule has 1 aromatic carbocycles. The lowest BCUT2D eigenvalue weighted by atomic mass is 9.99. The second-order valence-corrected chi connectivity index (χ2v) is 5.49. The minimum atomic E-state index is -0.216. The molecule has 2 atom stereocenters. The van der Waals surface area contributed by atoms with E-state index in [4.69, 9.17) is 0 Å². The van der Waals surface area contributed by atoms with Crippen molar-refractivity contribution >= 4 is 22.0 Å². The van der Waals surface area contributed by atoms with Crippen LogP contribution in [0.15, 0.2) is 28.7 Å². The van der Waals surface area contributed by atoms with Gasteiger partial charge in [-0.1, -0.05) is 24.6 Å². The average Bonchev–Trinajstić information content (AvgIpc) is 2.31. The Bertz CT molecular complexity index is 417. The Morgan fingerprint density at radius 3 is 2.94 bits per heavy atom. The molecule has 92 valence electrons. The second-order valence-electron chi connectivity index (χ2n) is 4.64. The zero-order valence-corrected chi connectivity index (χ0v) is 11.5. The molecule has 0 aromatic heterocycles. The number of hydrogen-bond donors (Lipinski definition) is 1. The summed E-state index contributed by atoms with van der Waals surface area (Å²) in [5, 5.41) is 3.54. The molecular formula is C14H17BrFN. The van der Waals surface area contributed by atoms with Gasteiger partial charge in [0.1, 0.15) is 5.82 Å². The van der Waals surface area contributed by atoms with Crippen molar-refractivity contribution in [3.63, 3.8) is 0 Å². The monoisotopic (exact) mass is 297 g/mol. The summed E-state index contributed by atoms with van der Waals surface area (Å²) in [6.45, 7) is 2.22. The van der Waals surface area contributed by atoms with Gasteiger partial charge >= 0.3 is 0 Å². The van der Waals surface area contributed by atoms with Crippen LogP contribution in [0.2, 0.25) is 0 Å². The summed E-state index contributed by atoms with van der Waals surface area (Å²) in [7, 11) is 0. The van der Waals surface area contributed by atoms with Crippen LogP contribution in [-0.4, -0.2) is 12.1 Å². The van der Waals surface area contributed by atoms with Gasteiger partial charge in [-0.2, -0.15) is 0 Å². The SMILES string of the molecule is CC1CCCC(/C=C/c2ccc(F)c(Br)c2)N1. The van der Waals surface area contributed by atoms with Gasteiger partial charge < -0.3 is 5.32 Å². The molecule has 0 saturated carbocycles. The zero-order chi connectivity index (χ0) is 12.3. The first-order valence-corrected chi connectivity index (χ1v) is 6.84. The first-order chi connectivity index (χ1) is 8.15. The van der Waals surface area contributed by atoms with Crippen molar-refractivity contribution in [1.29, 1.82) is 0 Å². The molecule has 1 aromatic rings. The Morgan fingerprint density at radius 1 is 1.41 bits per heavy atom. The maximum atomic E-state index is 13.1. The minimum absolute atomic E-state index is 0.216. The van der Waals surface area contributed by atoms with Gasteiger partial charge in [-0.3, -0.25) is 0 Å². The first-order valence-electron chi connectivity index (χ1n) is 6.04. The molecule has 1 fully saturated rings. The van der Waals surface area contributed by atoms with Crippen LogP contribution in [0.3, 0.4) is 0 Å². The van der Waals surface area contributed by atoms with Crippen LogP contribution >= 0.6 is 15.9 Å². The molecule has 1 N–H and O–H groups in total. The van der Waals surface area contributed by atoms with Crippen molar-refractivity contribution in [2.75, 3.05) is 0 Å². The Morgan fingerprint density at radius 2 is 2.24 bits per heavy atom. The fraction of sp³-hybridized carbons (Fsp3) is 0.429. The topological polar surface area (TPSA) is 12.0 Å². The highest BCUT2D eigenvalue weighted by atomic mass is 79.9. The molecule has 0 spiro atoms. The molecular weight excluding hydrogens is 281 g/mol. The Hall–Kier alpha value is -0.670. The predicted molar refractivity (Wildman–Crippen MR) is 73.4 cm³/mol. The van der Waals surface area contributed by atoms with Crippen molar-refractivity contribution < 1.29 is 4.39 Å². The zero-order valence-electron chi connectivity index (χ0n) is 9.92. The summed E-state index contributed by atoms with van der Waals surface area (Å²) in [5.74, 6) is -0.216. The molecule has 0 bridgehead atoms. The molecule has 1 saturated heterocycles. The maximum absolute atomic E-state index is 13.1. The molecule has 3 heteroatoms. The Kier molecular flexibility index (Phi) is 4.35. The molecule has 17 heavy (non-hydrogen) atoms. The van der Waals surface area contributed by atoms with Gasteiger partial charge in [-0.15, -0.1) is 0 Å². The normalized spacial score (nSPS) is 25.4. The lowest BCUT2D eigenvalue weighted by molar-refractivity contribution is 0.375. The molecule has 2 unspecified atom stereocenters. The number of nitrogens with one attached hydrogen (secondary N) is 1. The molecule has 1 nitrogen and oxygen atoms in total. The van der Waals surface area contributed by atoms with E-state index in [1.54, 1.807) is 12.1 Å². The van der Waals surface area contributed by atoms with E-state index in [-0.39, 0.29) is 5.82 Å². The van der Waals surface area contributed by atoms with Crippen molar-refractivity contribution in [3.8, 4) is 0 Å². The third kappa shape index (κ3) is 3.65. The second kappa shape index (κ2) is 5.78. The van der Waals surface area contributed by atoms with Crippen molar-refractivity contribution in [1.82, 2.24) is 5.32 Å². The number of halogens is 2. The van der Waals surface area contributed by atoms with Crippen LogP contribution < -0.4 is 5.32 Å². The molecule has 1 aliphatic heterocycles. The van der Waals surface area contributed by atoms with E-state index in [0.717, 1.165) is 5.56 Å². The summed E-state index contributed by atoms with van der Waals surface area (Å²) < 4.78 is 13.6. The maximum Gasteiger partial charge on any atom is 0.137 e. The van der Waals surface area contributed by atoms with Crippen LogP contribution in [0.5, 0.6) is 0 Å². The van der Waals surface area contributed by atoms with Crippen LogP contribution in [0, 0.1) is 5.82 Å². The summed E-state index contributed by atoms with van der Waals surface area (Å²) in [6, 6.07) is 6.13. The smallest absolute Gasteiger partial charge is 0.137 e. The number of benzene rings is 1. The fourth-order valence-electron chi connectivity index (χ4n) is 2.17. The lowest BCUT2D eigenvalue weighted by Crippen LogP contribution is -2.39. The number of rotatable bonds is 2. The van der Waals surface area contributed by atoms with E-state index in [1.807, 2.05) is 0 Å². The van der Waals surface area contributed by atoms with Crippen LogP contribution in [0.1, 0.15) is 31.7 Å². The average molecular weight is 298 g/mol. The third-order valence-corrected chi connectivity index (χ3v) is 3.72. The first kappa shape index (κ1) is 12.8. The highest BCUT2D eigenvalue weighted by Gasteiger charge is 2.14. The minimum Gasteiger partial charge on any atom is -0.308 e. The van der Waals surface area contributed by atoms with Crippen LogP contribution in [-0.2, 0) is 0 Å². The van der Waals surface area contributed by atoms with Crippen molar-refractivity contribution in [3.05, 3.63) is 40.1 Å². The summed E-state index contributed by atoms with van der Waals surface area (Å²) >= 11 is 3.20. The summed E-state index contributed by atoms with van der Waals surface area (Å²) in [6.07, 6.45) is 7.95. The highest BCUT2D eigenvalue weighted by Crippen LogP contribution is 2.19. The number of hydrogen-bond acceptors (Lipinski definition) is 1. The lowest BCUT2D eigenvalue weighted by Gasteiger charge is -2.26. The van der Waals surface area contributed by atoms with E-state index in [2.05, 4.69) is 40.3 Å². The Balaban J connectivity index is 2.01. The van der Waals surface area contributed by atoms with E-state index in [1.165, 1.54) is 25.3 Å². The van der Waals surface area contributed by atoms with Crippen molar-refractivity contribution in [2.45, 2.75) is 38.3 Å². The van der Waals surface area contributed by atoms with Gasteiger partial charge in [-0.05, 0) is 53.4 Å². The van der Waals surface area contributed by atoms with E-state index >= 15 is 0 Å². The van der Waals surface area contributed by atoms with E-state index in [9.17, 15) is 4.39 Å². The predicted octanol–water partition coefficient (Wildman–Crippen LogP) is 4.13. The van der Waals surface area contributed by atoms with Gasteiger partial charge in [0.2, 0.25) is 0 Å².